The van der Waals surface area contributed by atoms with Crippen LogP contribution < -0.4 is 10.1 Å². The second kappa shape index (κ2) is 7.86. The Hall–Kier alpha value is -2.23. The van der Waals surface area contributed by atoms with E-state index in [2.05, 4.69) is 46.6 Å². The number of allylic oxidation sites excluding steroid dienone is 1. The van der Waals surface area contributed by atoms with Crippen LogP contribution in [0.15, 0.2) is 41.3 Å². The Balaban J connectivity index is 1.62. The molecule has 0 spiro atoms. The predicted octanol–water partition coefficient (Wildman–Crippen LogP) is 4.18. The maximum Gasteiger partial charge on any atom is 0.121 e. The first-order valence-corrected chi connectivity index (χ1v) is 8.56. The molecule has 2 N–H and O–H groups in total. The molecule has 23 heavy (non-hydrogen) atoms. The molecule has 0 atom stereocenters. The lowest BCUT2D eigenvalue weighted by atomic mass is 10.1. The highest BCUT2D eigenvalue weighted by molar-refractivity contribution is 5.84. The fourth-order valence-corrected chi connectivity index (χ4v) is 2.74. The van der Waals surface area contributed by atoms with Crippen molar-refractivity contribution in [3.63, 3.8) is 0 Å². The molecule has 0 saturated carbocycles. The van der Waals surface area contributed by atoms with Gasteiger partial charge in [-0.15, -0.1) is 0 Å². The van der Waals surface area contributed by atoms with Gasteiger partial charge in [0, 0.05) is 29.9 Å². The average Bonchev–Trinajstić information content (AvgIpc) is 2.99. The fraction of sp³-hybridized carbons (Fsp3) is 0.421. The third kappa shape index (κ3) is 4.15. The van der Waals surface area contributed by atoms with Crippen molar-refractivity contribution in [1.82, 2.24) is 10.3 Å². The molecule has 0 amide bonds. The van der Waals surface area contributed by atoms with Gasteiger partial charge in [-0.25, -0.2) is 4.99 Å². The van der Waals surface area contributed by atoms with Crippen molar-refractivity contribution in [2.45, 2.75) is 39.0 Å². The minimum absolute atomic E-state index is 0.787. The lowest BCUT2D eigenvalue weighted by molar-refractivity contribution is 0.310. The Morgan fingerprint density at radius 3 is 3.09 bits per heavy atom. The molecule has 0 bridgehead atoms. The highest BCUT2D eigenvalue weighted by Gasteiger charge is 2.06. The van der Waals surface area contributed by atoms with E-state index in [4.69, 9.17) is 4.74 Å². The number of aliphatic imine (C=N–C) groups is 1. The van der Waals surface area contributed by atoms with Crippen LogP contribution >= 0.6 is 0 Å². The first kappa shape index (κ1) is 15.7. The standard InChI is InChI=1S/C19H25N3O/c1-2-3-12-23-16-7-8-18-17(13-16)15(14-22-18)9-11-21-19-6-4-5-10-20-19/h6-8,10,13-14,21-22H,2-5,9,11-12H2,1H3. The van der Waals surface area contributed by atoms with E-state index in [-0.39, 0.29) is 0 Å². The zero-order chi connectivity index (χ0) is 15.9. The fourth-order valence-electron chi connectivity index (χ4n) is 2.74. The summed E-state index contributed by atoms with van der Waals surface area (Å²) in [6, 6.07) is 6.29. The van der Waals surface area contributed by atoms with E-state index in [9.17, 15) is 0 Å². The van der Waals surface area contributed by atoms with Gasteiger partial charge in [0.05, 0.1) is 6.61 Å². The van der Waals surface area contributed by atoms with Crippen molar-refractivity contribution >= 4 is 17.1 Å². The highest BCUT2D eigenvalue weighted by Crippen LogP contribution is 2.24. The van der Waals surface area contributed by atoms with E-state index in [0.29, 0.717) is 0 Å². The maximum atomic E-state index is 5.82. The minimum Gasteiger partial charge on any atom is -0.494 e. The summed E-state index contributed by atoms with van der Waals surface area (Å²) in [6.45, 7) is 3.85. The molecular weight excluding hydrogens is 286 g/mol. The van der Waals surface area contributed by atoms with Gasteiger partial charge in [-0.1, -0.05) is 13.3 Å². The molecule has 4 heteroatoms. The molecular formula is C19H25N3O. The number of aromatic amines is 1. The van der Waals surface area contributed by atoms with Crippen LogP contribution in [0, 0.1) is 0 Å². The molecule has 1 aliphatic rings. The summed E-state index contributed by atoms with van der Waals surface area (Å²) in [5.41, 5.74) is 2.48. The van der Waals surface area contributed by atoms with Crippen molar-refractivity contribution in [3.05, 3.63) is 41.9 Å². The molecule has 122 valence electrons. The normalized spacial score (nSPS) is 14.0. The van der Waals surface area contributed by atoms with Gasteiger partial charge in [-0.05, 0) is 55.5 Å². The number of ether oxygens (including phenoxy) is 1. The molecule has 2 heterocycles. The number of nitrogens with zero attached hydrogens (tertiary/aromatic N) is 1. The number of hydrogen-bond acceptors (Lipinski definition) is 3. The van der Waals surface area contributed by atoms with Crippen LogP contribution in [0.4, 0.5) is 0 Å². The van der Waals surface area contributed by atoms with Crippen LogP contribution in [-0.4, -0.2) is 24.4 Å². The van der Waals surface area contributed by atoms with Crippen molar-refractivity contribution in [1.29, 1.82) is 0 Å². The van der Waals surface area contributed by atoms with Crippen LogP contribution in [0.3, 0.4) is 0 Å². The lowest BCUT2D eigenvalue weighted by Gasteiger charge is -2.09. The van der Waals surface area contributed by atoms with Gasteiger partial charge in [-0.2, -0.15) is 0 Å². The quantitative estimate of drug-likeness (QED) is 0.718. The Kier molecular flexibility index (Phi) is 5.35. The molecule has 0 aliphatic carbocycles. The zero-order valence-electron chi connectivity index (χ0n) is 13.8. The third-order valence-corrected chi connectivity index (χ3v) is 4.07. The van der Waals surface area contributed by atoms with Gasteiger partial charge in [0.1, 0.15) is 11.6 Å². The lowest BCUT2D eigenvalue weighted by Crippen LogP contribution is -2.16. The van der Waals surface area contributed by atoms with Crippen LogP contribution in [-0.2, 0) is 6.42 Å². The Labute approximate surface area is 137 Å². The number of unbranched alkanes of at least 4 members (excludes halogenated alkanes) is 1. The number of aromatic nitrogens is 1. The first-order chi connectivity index (χ1) is 11.4. The monoisotopic (exact) mass is 311 g/mol. The summed E-state index contributed by atoms with van der Waals surface area (Å²) < 4.78 is 5.82. The zero-order valence-corrected chi connectivity index (χ0v) is 13.8. The maximum absolute atomic E-state index is 5.82. The molecule has 0 saturated heterocycles. The Morgan fingerprint density at radius 1 is 1.30 bits per heavy atom. The summed E-state index contributed by atoms with van der Waals surface area (Å²) in [6.07, 6.45) is 11.6. The second-order valence-electron chi connectivity index (χ2n) is 5.88. The van der Waals surface area contributed by atoms with Crippen molar-refractivity contribution in [3.8, 4) is 5.75 Å². The topological polar surface area (TPSA) is 49.4 Å². The molecule has 3 rings (SSSR count). The minimum atomic E-state index is 0.787. The smallest absolute Gasteiger partial charge is 0.121 e. The van der Waals surface area contributed by atoms with Crippen LogP contribution in [0.2, 0.25) is 0 Å². The van der Waals surface area contributed by atoms with Gasteiger partial charge in [-0.3, -0.25) is 0 Å². The van der Waals surface area contributed by atoms with Crippen LogP contribution in [0.1, 0.15) is 38.2 Å². The largest absolute Gasteiger partial charge is 0.494 e. The van der Waals surface area contributed by atoms with Crippen molar-refractivity contribution < 1.29 is 4.74 Å². The number of benzene rings is 1. The van der Waals surface area contributed by atoms with E-state index >= 15 is 0 Å². The molecule has 0 fully saturated rings. The number of H-pyrrole nitrogens is 1. The van der Waals surface area contributed by atoms with Gasteiger partial charge in [0.2, 0.25) is 0 Å². The summed E-state index contributed by atoms with van der Waals surface area (Å²) in [7, 11) is 0. The van der Waals surface area contributed by atoms with E-state index in [1.54, 1.807) is 0 Å². The predicted molar refractivity (Wildman–Crippen MR) is 96.2 cm³/mol. The number of rotatable bonds is 8. The molecule has 4 nitrogen and oxygen atoms in total. The van der Waals surface area contributed by atoms with Gasteiger partial charge < -0.3 is 15.0 Å². The van der Waals surface area contributed by atoms with Gasteiger partial charge in [0.25, 0.3) is 0 Å². The van der Waals surface area contributed by atoms with Gasteiger partial charge in [0.15, 0.2) is 0 Å². The highest BCUT2D eigenvalue weighted by atomic mass is 16.5. The van der Waals surface area contributed by atoms with Gasteiger partial charge >= 0.3 is 0 Å². The summed E-state index contributed by atoms with van der Waals surface area (Å²) in [5.74, 6) is 1.96. The Bertz CT molecular complexity index is 700. The number of fused-ring (bicyclic) bond motifs is 1. The van der Waals surface area contributed by atoms with Crippen molar-refractivity contribution in [2.24, 2.45) is 4.99 Å². The summed E-state index contributed by atoms with van der Waals surface area (Å²) >= 11 is 0. The summed E-state index contributed by atoms with van der Waals surface area (Å²) in [5, 5.41) is 4.65. The summed E-state index contributed by atoms with van der Waals surface area (Å²) in [4.78, 5) is 7.71. The van der Waals surface area contributed by atoms with Crippen LogP contribution in [0.5, 0.6) is 5.75 Å². The van der Waals surface area contributed by atoms with Crippen LogP contribution in [0.25, 0.3) is 10.9 Å². The molecule has 0 unspecified atom stereocenters. The average molecular weight is 311 g/mol. The number of hydrogen-bond donors (Lipinski definition) is 2. The van der Waals surface area contributed by atoms with E-state index < -0.39 is 0 Å². The first-order valence-electron chi connectivity index (χ1n) is 8.56. The third-order valence-electron chi connectivity index (χ3n) is 4.07. The SMILES string of the molecule is CCCCOc1ccc2[nH]cc(CCNC3=CCCC=N3)c2c1. The molecule has 0 radical (unpaired) electrons. The Morgan fingerprint density at radius 2 is 2.26 bits per heavy atom. The molecule has 1 aliphatic heterocycles. The second-order valence-corrected chi connectivity index (χ2v) is 5.88. The molecule has 2 aromatic rings. The molecule has 1 aromatic carbocycles. The number of nitrogens with one attached hydrogen (secondary N) is 2. The van der Waals surface area contributed by atoms with E-state index in [1.807, 2.05) is 12.3 Å². The van der Waals surface area contributed by atoms with E-state index in [0.717, 1.165) is 62.3 Å². The van der Waals surface area contributed by atoms with Crippen molar-refractivity contribution in [2.75, 3.05) is 13.2 Å². The molecule has 1 aromatic heterocycles. The van der Waals surface area contributed by atoms with E-state index in [1.165, 1.54) is 10.9 Å².